The Morgan fingerprint density at radius 3 is 2.88 bits per heavy atom. The molecule has 3 rings (SSSR count). The number of aromatic nitrogens is 1. The zero-order chi connectivity index (χ0) is 16.8. The van der Waals surface area contributed by atoms with Crippen LogP contribution in [0.1, 0.15) is 25.3 Å². The standard InChI is InChI=1S/C20H24N2O2/c1-2-24-20(23)18-9-6-10-22(15-18)14-16-11-19(13-21-12-16)17-7-4-3-5-8-17/h3-5,7-8,11-13,18H,2,6,9-10,14-15H2,1H3. The zero-order valence-electron chi connectivity index (χ0n) is 14.1. The van der Waals surface area contributed by atoms with Gasteiger partial charge in [0.25, 0.3) is 0 Å². The maximum atomic E-state index is 12.0. The van der Waals surface area contributed by atoms with Crippen molar-refractivity contribution in [3.05, 3.63) is 54.4 Å². The van der Waals surface area contributed by atoms with E-state index in [4.69, 9.17) is 4.74 Å². The fourth-order valence-electron chi connectivity index (χ4n) is 3.27. The molecule has 0 saturated carbocycles. The highest BCUT2D eigenvalue weighted by Gasteiger charge is 2.26. The van der Waals surface area contributed by atoms with Crippen molar-refractivity contribution in [1.82, 2.24) is 9.88 Å². The summed E-state index contributed by atoms with van der Waals surface area (Å²) < 4.78 is 5.18. The molecule has 1 atom stereocenters. The molecule has 2 heterocycles. The molecule has 1 aromatic heterocycles. The highest BCUT2D eigenvalue weighted by molar-refractivity contribution is 5.72. The van der Waals surface area contributed by atoms with Crippen molar-refractivity contribution < 1.29 is 9.53 Å². The van der Waals surface area contributed by atoms with Gasteiger partial charge in [-0.25, -0.2) is 0 Å². The van der Waals surface area contributed by atoms with Crippen LogP contribution in [0.3, 0.4) is 0 Å². The third kappa shape index (κ3) is 4.20. The molecule has 0 amide bonds. The van der Waals surface area contributed by atoms with Crippen molar-refractivity contribution in [1.29, 1.82) is 0 Å². The van der Waals surface area contributed by atoms with Crippen LogP contribution < -0.4 is 0 Å². The van der Waals surface area contributed by atoms with E-state index in [0.29, 0.717) is 6.61 Å². The van der Waals surface area contributed by atoms with Gasteiger partial charge in [-0.3, -0.25) is 14.7 Å². The van der Waals surface area contributed by atoms with Crippen LogP contribution in [0.15, 0.2) is 48.8 Å². The average molecular weight is 324 g/mol. The molecule has 0 aliphatic carbocycles. The molecule has 1 aliphatic heterocycles. The Hall–Kier alpha value is -2.20. The first kappa shape index (κ1) is 16.7. The van der Waals surface area contributed by atoms with Crippen molar-refractivity contribution in [3.63, 3.8) is 0 Å². The van der Waals surface area contributed by atoms with E-state index in [0.717, 1.165) is 38.0 Å². The predicted molar refractivity (Wildman–Crippen MR) is 94.3 cm³/mol. The fourth-order valence-corrected chi connectivity index (χ4v) is 3.27. The van der Waals surface area contributed by atoms with Gasteiger partial charge in [-0.05, 0) is 43.5 Å². The molecule has 0 spiro atoms. The number of hydrogen-bond acceptors (Lipinski definition) is 4. The van der Waals surface area contributed by atoms with Crippen molar-refractivity contribution in [3.8, 4) is 11.1 Å². The summed E-state index contributed by atoms with van der Waals surface area (Å²) in [6, 6.07) is 12.5. The van der Waals surface area contributed by atoms with E-state index in [9.17, 15) is 4.79 Å². The monoisotopic (exact) mass is 324 g/mol. The summed E-state index contributed by atoms with van der Waals surface area (Å²) in [5, 5.41) is 0. The molecule has 0 radical (unpaired) electrons. The van der Waals surface area contributed by atoms with Crippen LogP contribution in [-0.2, 0) is 16.1 Å². The molecule has 0 bridgehead atoms. The lowest BCUT2D eigenvalue weighted by Gasteiger charge is -2.31. The van der Waals surface area contributed by atoms with Gasteiger partial charge in [-0.1, -0.05) is 30.3 Å². The Bertz CT molecular complexity index is 672. The van der Waals surface area contributed by atoms with Gasteiger partial charge in [0.15, 0.2) is 0 Å². The van der Waals surface area contributed by atoms with Gasteiger partial charge < -0.3 is 4.74 Å². The second-order valence-corrected chi connectivity index (χ2v) is 6.27. The third-order valence-corrected chi connectivity index (χ3v) is 4.43. The lowest BCUT2D eigenvalue weighted by molar-refractivity contribution is -0.150. The molecule has 24 heavy (non-hydrogen) atoms. The quantitative estimate of drug-likeness (QED) is 0.789. The van der Waals surface area contributed by atoms with Gasteiger partial charge in [0.2, 0.25) is 0 Å². The summed E-state index contributed by atoms with van der Waals surface area (Å²) >= 11 is 0. The number of likely N-dealkylation sites (tertiary alicyclic amines) is 1. The van der Waals surface area contributed by atoms with Gasteiger partial charge in [0.1, 0.15) is 0 Å². The molecule has 0 N–H and O–H groups in total. The minimum absolute atomic E-state index is 0.00367. The van der Waals surface area contributed by atoms with E-state index in [1.165, 1.54) is 11.1 Å². The molecular formula is C20H24N2O2. The average Bonchev–Trinajstić information content (AvgIpc) is 2.63. The van der Waals surface area contributed by atoms with Crippen LogP contribution in [0.4, 0.5) is 0 Å². The van der Waals surface area contributed by atoms with Crippen molar-refractivity contribution in [2.24, 2.45) is 5.92 Å². The van der Waals surface area contributed by atoms with Crippen molar-refractivity contribution in [2.45, 2.75) is 26.3 Å². The number of pyridine rings is 1. The lowest BCUT2D eigenvalue weighted by Crippen LogP contribution is -2.38. The summed E-state index contributed by atoms with van der Waals surface area (Å²) in [7, 11) is 0. The van der Waals surface area contributed by atoms with Gasteiger partial charge in [-0.15, -0.1) is 0 Å². The highest BCUT2D eigenvalue weighted by Crippen LogP contribution is 2.22. The second-order valence-electron chi connectivity index (χ2n) is 6.27. The Kier molecular flexibility index (Phi) is 5.59. The minimum Gasteiger partial charge on any atom is -0.466 e. The highest BCUT2D eigenvalue weighted by atomic mass is 16.5. The minimum atomic E-state index is -0.0571. The van der Waals surface area contributed by atoms with Crippen LogP contribution in [0.25, 0.3) is 11.1 Å². The Labute approximate surface area is 143 Å². The van der Waals surface area contributed by atoms with Crippen LogP contribution >= 0.6 is 0 Å². The summed E-state index contributed by atoms with van der Waals surface area (Å²) in [6.07, 6.45) is 5.78. The number of benzene rings is 1. The van der Waals surface area contributed by atoms with Gasteiger partial charge in [0, 0.05) is 31.0 Å². The molecule has 1 unspecified atom stereocenters. The molecular weight excluding hydrogens is 300 g/mol. The maximum absolute atomic E-state index is 12.0. The van der Waals surface area contributed by atoms with E-state index in [-0.39, 0.29) is 11.9 Å². The molecule has 1 saturated heterocycles. The van der Waals surface area contributed by atoms with E-state index >= 15 is 0 Å². The summed E-state index contributed by atoms with van der Waals surface area (Å²) in [6.45, 7) is 4.93. The van der Waals surface area contributed by atoms with E-state index in [2.05, 4.69) is 28.1 Å². The largest absolute Gasteiger partial charge is 0.466 e. The van der Waals surface area contributed by atoms with Crippen molar-refractivity contribution >= 4 is 5.97 Å². The Morgan fingerprint density at radius 1 is 1.25 bits per heavy atom. The number of esters is 1. The molecule has 2 aromatic rings. The number of nitrogens with zero attached hydrogens (tertiary/aromatic N) is 2. The zero-order valence-corrected chi connectivity index (χ0v) is 14.1. The topological polar surface area (TPSA) is 42.4 Å². The summed E-state index contributed by atoms with van der Waals surface area (Å²) in [5.41, 5.74) is 3.49. The number of carbonyl (C=O) groups is 1. The Morgan fingerprint density at radius 2 is 2.08 bits per heavy atom. The van der Waals surface area contributed by atoms with Crippen LogP contribution in [0, 0.1) is 5.92 Å². The second kappa shape index (κ2) is 8.06. The maximum Gasteiger partial charge on any atom is 0.310 e. The SMILES string of the molecule is CCOC(=O)C1CCCN(Cc2cncc(-c3ccccc3)c2)C1. The smallest absolute Gasteiger partial charge is 0.310 e. The third-order valence-electron chi connectivity index (χ3n) is 4.43. The molecule has 1 aliphatic rings. The lowest BCUT2D eigenvalue weighted by atomic mass is 9.97. The number of hydrogen-bond donors (Lipinski definition) is 0. The molecule has 126 valence electrons. The molecule has 1 aromatic carbocycles. The molecule has 4 nitrogen and oxygen atoms in total. The van der Waals surface area contributed by atoms with Gasteiger partial charge in [0.05, 0.1) is 12.5 Å². The van der Waals surface area contributed by atoms with Gasteiger partial charge >= 0.3 is 5.97 Å². The van der Waals surface area contributed by atoms with Crippen molar-refractivity contribution in [2.75, 3.05) is 19.7 Å². The summed E-state index contributed by atoms with van der Waals surface area (Å²) in [5.74, 6) is -0.0534. The number of ether oxygens (including phenoxy) is 1. The number of carbonyl (C=O) groups excluding carboxylic acids is 1. The number of rotatable bonds is 5. The Balaban J connectivity index is 1.66. The first-order valence-corrected chi connectivity index (χ1v) is 8.64. The molecule has 1 fully saturated rings. The first-order chi connectivity index (χ1) is 11.8. The van der Waals surface area contributed by atoms with Crippen LogP contribution in [-0.4, -0.2) is 35.5 Å². The summed E-state index contributed by atoms with van der Waals surface area (Å²) in [4.78, 5) is 18.7. The first-order valence-electron chi connectivity index (χ1n) is 8.64. The fraction of sp³-hybridized carbons (Fsp3) is 0.400. The van der Waals surface area contributed by atoms with Crippen LogP contribution in [0.2, 0.25) is 0 Å². The predicted octanol–water partition coefficient (Wildman–Crippen LogP) is 3.52. The normalized spacial score (nSPS) is 18.3. The van der Waals surface area contributed by atoms with Crippen LogP contribution in [0.5, 0.6) is 0 Å². The molecule has 4 heteroatoms. The van der Waals surface area contributed by atoms with E-state index in [1.807, 2.05) is 37.5 Å². The van der Waals surface area contributed by atoms with Gasteiger partial charge in [-0.2, -0.15) is 0 Å². The number of piperidine rings is 1. The van der Waals surface area contributed by atoms with E-state index < -0.39 is 0 Å². The van der Waals surface area contributed by atoms with E-state index in [1.54, 1.807) is 0 Å².